The number of carbonyl (C=O) groups excluding carboxylic acids is 2. The highest BCUT2D eigenvalue weighted by molar-refractivity contribution is 7.87. The lowest BCUT2D eigenvalue weighted by molar-refractivity contribution is -0.164. The van der Waals surface area contributed by atoms with E-state index in [1.54, 1.807) is 0 Å². The van der Waals surface area contributed by atoms with E-state index in [-0.39, 0.29) is 6.42 Å². The Kier molecular flexibility index (Phi) is 9.36. The van der Waals surface area contributed by atoms with Gasteiger partial charge in [-0.25, -0.2) is 9.59 Å². The van der Waals surface area contributed by atoms with Crippen LogP contribution in [0, 0.1) is 0 Å². The van der Waals surface area contributed by atoms with Crippen molar-refractivity contribution in [2.75, 3.05) is 19.8 Å². The number of alkyl halides is 7. The van der Waals surface area contributed by atoms with Gasteiger partial charge in [0, 0.05) is 6.42 Å². The van der Waals surface area contributed by atoms with Crippen LogP contribution in [0.5, 0.6) is 0 Å². The molecule has 0 aromatic rings. The standard InChI is InChI=1S/C13H16F7NO7S/c1-8(12(16,17)18)9(22)27-7-5-21-10(23)28-6-3-2-4-11(14,15)13(19,20)29(24,25)26/h1-7H2,(H,21,23)(H,24,25,26). The molecule has 0 aromatic heterocycles. The lowest BCUT2D eigenvalue weighted by Crippen LogP contribution is -2.46. The molecule has 0 rings (SSSR count). The van der Waals surface area contributed by atoms with Crippen molar-refractivity contribution in [2.24, 2.45) is 0 Å². The molecular weight excluding hydrogens is 447 g/mol. The molecule has 0 fully saturated rings. The Balaban J connectivity index is 4.07. The Labute approximate surface area is 159 Å². The largest absolute Gasteiger partial charge is 0.460 e. The number of hydrogen-bond acceptors (Lipinski definition) is 6. The molecule has 0 aliphatic rings. The van der Waals surface area contributed by atoms with E-state index in [1.165, 1.54) is 0 Å². The molecule has 0 bridgehead atoms. The summed E-state index contributed by atoms with van der Waals surface area (Å²) in [5, 5.41) is -3.75. The number of esters is 1. The van der Waals surface area contributed by atoms with Crippen LogP contribution in [0.1, 0.15) is 19.3 Å². The van der Waals surface area contributed by atoms with Crippen LogP contribution < -0.4 is 5.32 Å². The molecule has 0 saturated carbocycles. The number of halogens is 7. The molecule has 29 heavy (non-hydrogen) atoms. The second kappa shape index (κ2) is 10.1. The summed E-state index contributed by atoms with van der Waals surface area (Å²) in [7, 11) is -6.33. The van der Waals surface area contributed by atoms with E-state index >= 15 is 0 Å². The minimum atomic E-state index is -6.33. The Bertz CT molecular complexity index is 707. The lowest BCUT2D eigenvalue weighted by atomic mass is 10.1. The van der Waals surface area contributed by atoms with Crippen molar-refractivity contribution in [3.63, 3.8) is 0 Å². The normalized spacial score (nSPS) is 13.0. The van der Waals surface area contributed by atoms with Crippen LogP contribution in [-0.4, -0.2) is 62.1 Å². The number of hydrogen-bond donors (Lipinski definition) is 2. The highest BCUT2D eigenvalue weighted by Crippen LogP contribution is 2.41. The van der Waals surface area contributed by atoms with Gasteiger partial charge in [-0.1, -0.05) is 6.58 Å². The Morgan fingerprint density at radius 1 is 0.966 bits per heavy atom. The first kappa shape index (κ1) is 26.9. The average molecular weight is 463 g/mol. The van der Waals surface area contributed by atoms with Gasteiger partial charge in [0.05, 0.1) is 13.2 Å². The molecule has 16 heteroatoms. The molecule has 170 valence electrons. The van der Waals surface area contributed by atoms with E-state index < -0.39 is 77.7 Å². The van der Waals surface area contributed by atoms with Crippen molar-refractivity contribution in [3.8, 4) is 0 Å². The SMILES string of the molecule is C=C(C(=O)OCCNC(=O)OCCCCC(F)(F)C(F)(F)S(=O)(=O)O)C(F)(F)F. The van der Waals surface area contributed by atoms with Gasteiger partial charge < -0.3 is 14.8 Å². The van der Waals surface area contributed by atoms with Crippen LogP contribution >= 0.6 is 0 Å². The first-order valence-electron chi connectivity index (χ1n) is 7.50. The van der Waals surface area contributed by atoms with Crippen LogP contribution in [0.15, 0.2) is 12.2 Å². The summed E-state index contributed by atoms with van der Waals surface area (Å²) >= 11 is 0. The zero-order valence-corrected chi connectivity index (χ0v) is 15.2. The minimum absolute atomic E-state index is 0.384. The molecule has 1 amide bonds. The highest BCUT2D eigenvalue weighted by Gasteiger charge is 2.64. The third-order valence-corrected chi connectivity index (χ3v) is 4.01. The predicted octanol–water partition coefficient (Wildman–Crippen LogP) is 2.66. The van der Waals surface area contributed by atoms with Crippen molar-refractivity contribution < 1.29 is 62.8 Å². The number of alkyl carbamates (subject to hydrolysis) is 1. The van der Waals surface area contributed by atoms with Crippen LogP contribution in [0.2, 0.25) is 0 Å². The maximum absolute atomic E-state index is 13.2. The first-order valence-corrected chi connectivity index (χ1v) is 8.94. The molecule has 0 aliphatic heterocycles. The number of unbranched alkanes of at least 4 members (excludes halogenated alkanes) is 1. The van der Waals surface area contributed by atoms with Crippen LogP contribution in [0.4, 0.5) is 35.5 Å². The van der Waals surface area contributed by atoms with Crippen molar-refractivity contribution in [2.45, 2.75) is 36.6 Å². The number of ether oxygens (including phenoxy) is 2. The van der Waals surface area contributed by atoms with E-state index in [2.05, 4.69) is 16.1 Å². The second-order valence-corrected chi connectivity index (χ2v) is 6.79. The van der Waals surface area contributed by atoms with Crippen LogP contribution in [0.3, 0.4) is 0 Å². The maximum Gasteiger partial charge on any atom is 0.431 e. The second-order valence-electron chi connectivity index (χ2n) is 5.33. The molecule has 0 unspecified atom stereocenters. The van der Waals surface area contributed by atoms with Gasteiger partial charge in [-0.15, -0.1) is 0 Å². The number of nitrogens with one attached hydrogen (secondary N) is 1. The topological polar surface area (TPSA) is 119 Å². The summed E-state index contributed by atoms with van der Waals surface area (Å²) < 4.78 is 126. The minimum Gasteiger partial charge on any atom is -0.460 e. The van der Waals surface area contributed by atoms with Gasteiger partial charge in [-0.05, 0) is 12.8 Å². The van der Waals surface area contributed by atoms with E-state index in [4.69, 9.17) is 4.55 Å². The molecule has 2 N–H and O–H groups in total. The van der Waals surface area contributed by atoms with Gasteiger partial charge >= 0.3 is 39.5 Å². The molecule has 0 radical (unpaired) electrons. The fourth-order valence-corrected chi connectivity index (χ4v) is 1.98. The summed E-state index contributed by atoms with van der Waals surface area (Å²) in [6.07, 6.45) is -8.88. The summed E-state index contributed by atoms with van der Waals surface area (Å²) in [6.45, 7) is 0.802. The Hall–Kier alpha value is -2.10. The van der Waals surface area contributed by atoms with Gasteiger partial charge in [-0.3, -0.25) is 4.55 Å². The fraction of sp³-hybridized carbons (Fsp3) is 0.692. The van der Waals surface area contributed by atoms with E-state index in [0.717, 1.165) is 0 Å². The van der Waals surface area contributed by atoms with Crippen molar-refractivity contribution >= 4 is 22.2 Å². The van der Waals surface area contributed by atoms with Crippen molar-refractivity contribution in [1.29, 1.82) is 0 Å². The monoisotopic (exact) mass is 463 g/mol. The molecule has 0 saturated heterocycles. The van der Waals surface area contributed by atoms with E-state index in [1.807, 2.05) is 5.32 Å². The number of amides is 1. The molecular formula is C13H16F7NO7S. The van der Waals surface area contributed by atoms with E-state index in [9.17, 15) is 48.7 Å². The average Bonchev–Trinajstić information content (AvgIpc) is 2.55. The van der Waals surface area contributed by atoms with Gasteiger partial charge in [0.2, 0.25) is 0 Å². The van der Waals surface area contributed by atoms with E-state index in [0.29, 0.717) is 0 Å². The third-order valence-electron chi connectivity index (χ3n) is 3.06. The lowest BCUT2D eigenvalue weighted by Gasteiger charge is -2.23. The van der Waals surface area contributed by atoms with Gasteiger partial charge in [-0.2, -0.15) is 39.2 Å². The summed E-state index contributed by atoms with van der Waals surface area (Å²) in [5.74, 6) is -6.82. The molecule has 0 aromatic carbocycles. The van der Waals surface area contributed by atoms with Gasteiger partial charge in [0.25, 0.3) is 0 Å². The number of carbonyl (C=O) groups is 2. The maximum atomic E-state index is 13.2. The third kappa shape index (κ3) is 8.43. The highest BCUT2D eigenvalue weighted by atomic mass is 32.2. The van der Waals surface area contributed by atoms with Crippen LogP contribution in [0.25, 0.3) is 0 Å². The van der Waals surface area contributed by atoms with Crippen molar-refractivity contribution in [1.82, 2.24) is 5.32 Å². The van der Waals surface area contributed by atoms with Crippen LogP contribution in [-0.2, 0) is 24.4 Å². The molecule has 0 heterocycles. The van der Waals surface area contributed by atoms with Gasteiger partial charge in [0.15, 0.2) is 0 Å². The van der Waals surface area contributed by atoms with Crippen molar-refractivity contribution in [3.05, 3.63) is 12.2 Å². The quantitative estimate of drug-likeness (QED) is 0.159. The smallest absolute Gasteiger partial charge is 0.431 e. The first-order chi connectivity index (χ1) is 12.9. The Morgan fingerprint density at radius 2 is 1.52 bits per heavy atom. The number of rotatable bonds is 11. The summed E-state index contributed by atoms with van der Waals surface area (Å²) in [5.41, 5.74) is -1.75. The summed E-state index contributed by atoms with van der Waals surface area (Å²) in [4.78, 5) is 22.1. The molecule has 0 atom stereocenters. The molecule has 8 nitrogen and oxygen atoms in total. The fourth-order valence-electron chi connectivity index (χ4n) is 1.50. The zero-order valence-electron chi connectivity index (χ0n) is 14.4. The molecule has 0 spiro atoms. The zero-order chi connectivity index (χ0) is 23.1. The summed E-state index contributed by atoms with van der Waals surface area (Å²) in [6, 6.07) is 0. The Morgan fingerprint density at radius 3 is 2.00 bits per heavy atom. The molecule has 0 aliphatic carbocycles. The van der Waals surface area contributed by atoms with Gasteiger partial charge in [0.1, 0.15) is 12.2 Å². The predicted molar refractivity (Wildman–Crippen MR) is 80.8 cm³/mol.